The van der Waals surface area contributed by atoms with E-state index in [-0.39, 0.29) is 25.0 Å². The van der Waals surface area contributed by atoms with Gasteiger partial charge in [0.1, 0.15) is 0 Å². The van der Waals surface area contributed by atoms with Crippen molar-refractivity contribution in [1.29, 1.82) is 0 Å². The van der Waals surface area contributed by atoms with Crippen molar-refractivity contribution in [3.63, 3.8) is 0 Å². The Morgan fingerprint density at radius 2 is 1.95 bits per heavy atom. The maximum atomic E-state index is 11.9. The largest absolute Gasteiger partial charge is 0.383 e. The van der Waals surface area contributed by atoms with Gasteiger partial charge in [0.15, 0.2) is 0 Å². The number of methoxy groups -OCH3 is 1. The molecule has 0 aliphatic carbocycles. The summed E-state index contributed by atoms with van der Waals surface area (Å²) in [6, 6.07) is 6.63. The number of carbonyl (C=O) groups is 1. The van der Waals surface area contributed by atoms with Crippen molar-refractivity contribution in [2.45, 2.75) is 19.5 Å². The number of rotatable bonds is 8. The number of hydrogen-bond acceptors (Lipinski definition) is 4. The monoisotopic (exact) mass is 348 g/mol. The van der Waals surface area contributed by atoms with Crippen LogP contribution < -0.4 is 5.32 Å². The second-order valence-corrected chi connectivity index (χ2v) is 7.50. The average molecular weight is 349 g/mol. The molecule has 0 fully saturated rings. The van der Waals surface area contributed by atoms with Crippen molar-refractivity contribution >= 4 is 27.5 Å². The topological polar surface area (TPSA) is 75.7 Å². The maximum Gasteiger partial charge on any atom is 0.235 e. The highest BCUT2D eigenvalue weighted by atomic mass is 35.5. The van der Waals surface area contributed by atoms with E-state index < -0.39 is 10.0 Å². The SMILES string of the molecule is COC[C@H](C)NC(=O)CN(Cc1ccc(Cl)cc1)S(C)(=O)=O. The number of sulfonamides is 1. The van der Waals surface area contributed by atoms with E-state index in [1.54, 1.807) is 31.2 Å². The van der Waals surface area contributed by atoms with Gasteiger partial charge in [0.2, 0.25) is 15.9 Å². The number of hydrogen-bond donors (Lipinski definition) is 1. The van der Waals surface area contributed by atoms with Crippen LogP contribution in [0.3, 0.4) is 0 Å². The van der Waals surface area contributed by atoms with Crippen molar-refractivity contribution in [3.05, 3.63) is 34.9 Å². The maximum absolute atomic E-state index is 11.9. The third-order valence-corrected chi connectivity index (χ3v) is 4.33. The van der Waals surface area contributed by atoms with Gasteiger partial charge in [0.25, 0.3) is 0 Å². The Morgan fingerprint density at radius 1 is 1.36 bits per heavy atom. The normalized spacial score (nSPS) is 13.1. The van der Waals surface area contributed by atoms with E-state index in [0.717, 1.165) is 16.1 Å². The lowest BCUT2D eigenvalue weighted by atomic mass is 10.2. The lowest BCUT2D eigenvalue weighted by Crippen LogP contribution is -2.44. The minimum Gasteiger partial charge on any atom is -0.383 e. The summed E-state index contributed by atoms with van der Waals surface area (Å²) in [7, 11) is -1.97. The molecule has 124 valence electrons. The molecule has 0 aliphatic heterocycles. The molecule has 6 nitrogen and oxygen atoms in total. The molecule has 0 aromatic heterocycles. The van der Waals surface area contributed by atoms with Gasteiger partial charge in [-0.15, -0.1) is 0 Å². The molecular weight excluding hydrogens is 328 g/mol. The molecule has 1 amide bonds. The summed E-state index contributed by atoms with van der Waals surface area (Å²) in [6.45, 7) is 2.02. The van der Waals surface area contributed by atoms with Gasteiger partial charge in [-0.2, -0.15) is 4.31 Å². The predicted molar refractivity (Wildman–Crippen MR) is 86.2 cm³/mol. The Bertz CT molecular complexity index is 589. The van der Waals surface area contributed by atoms with Crippen LogP contribution in [0.15, 0.2) is 24.3 Å². The van der Waals surface area contributed by atoms with E-state index in [1.165, 1.54) is 7.11 Å². The summed E-state index contributed by atoms with van der Waals surface area (Å²) >= 11 is 5.80. The minimum atomic E-state index is -3.51. The Balaban J connectivity index is 2.73. The fraction of sp³-hybridized carbons (Fsp3) is 0.500. The van der Waals surface area contributed by atoms with Gasteiger partial charge in [-0.1, -0.05) is 23.7 Å². The van der Waals surface area contributed by atoms with E-state index >= 15 is 0 Å². The van der Waals surface area contributed by atoms with Crippen LogP contribution in [0.4, 0.5) is 0 Å². The van der Waals surface area contributed by atoms with E-state index in [1.807, 2.05) is 0 Å². The van der Waals surface area contributed by atoms with Gasteiger partial charge < -0.3 is 10.1 Å². The zero-order valence-electron chi connectivity index (χ0n) is 12.9. The number of nitrogens with zero attached hydrogens (tertiary/aromatic N) is 1. The number of ether oxygens (including phenoxy) is 1. The van der Waals surface area contributed by atoms with Crippen LogP contribution in [-0.4, -0.2) is 51.2 Å². The fourth-order valence-corrected chi connectivity index (χ4v) is 2.72. The first kappa shape index (κ1) is 18.9. The molecule has 0 aliphatic rings. The number of nitrogens with one attached hydrogen (secondary N) is 1. The molecule has 0 saturated carbocycles. The smallest absolute Gasteiger partial charge is 0.235 e. The summed E-state index contributed by atoms with van der Waals surface area (Å²) in [5.41, 5.74) is 0.757. The summed E-state index contributed by atoms with van der Waals surface area (Å²) in [4.78, 5) is 11.9. The zero-order chi connectivity index (χ0) is 16.8. The predicted octanol–water partition coefficient (Wildman–Crippen LogP) is 1.25. The lowest BCUT2D eigenvalue weighted by Gasteiger charge is -2.21. The fourth-order valence-electron chi connectivity index (χ4n) is 1.86. The summed E-state index contributed by atoms with van der Waals surface area (Å²) in [5, 5.41) is 3.26. The van der Waals surface area contributed by atoms with Gasteiger partial charge in [-0.25, -0.2) is 8.42 Å². The van der Waals surface area contributed by atoms with Gasteiger partial charge in [-0.05, 0) is 24.6 Å². The molecule has 1 atom stereocenters. The number of amides is 1. The van der Waals surface area contributed by atoms with Crippen molar-refractivity contribution < 1.29 is 17.9 Å². The molecule has 1 rings (SSSR count). The Morgan fingerprint density at radius 3 is 2.45 bits per heavy atom. The Labute approximate surface area is 136 Å². The van der Waals surface area contributed by atoms with Crippen LogP contribution in [0.25, 0.3) is 0 Å². The van der Waals surface area contributed by atoms with Crippen LogP contribution >= 0.6 is 11.6 Å². The zero-order valence-corrected chi connectivity index (χ0v) is 14.4. The van der Waals surface area contributed by atoms with Crippen molar-refractivity contribution in [2.75, 3.05) is 26.5 Å². The van der Waals surface area contributed by atoms with Gasteiger partial charge >= 0.3 is 0 Å². The average Bonchev–Trinajstić information content (AvgIpc) is 2.39. The van der Waals surface area contributed by atoms with Gasteiger partial charge in [0, 0.05) is 24.7 Å². The molecule has 1 N–H and O–H groups in total. The Kier molecular flexibility index (Phi) is 7.28. The number of benzene rings is 1. The Hall–Kier alpha value is -1.15. The second kappa shape index (κ2) is 8.47. The summed E-state index contributed by atoms with van der Waals surface area (Å²) in [5.74, 6) is -0.371. The molecule has 0 unspecified atom stereocenters. The molecule has 0 heterocycles. The van der Waals surface area contributed by atoms with E-state index in [4.69, 9.17) is 16.3 Å². The summed E-state index contributed by atoms with van der Waals surface area (Å²) in [6.07, 6.45) is 1.08. The highest BCUT2D eigenvalue weighted by molar-refractivity contribution is 7.88. The molecule has 1 aromatic rings. The van der Waals surface area contributed by atoms with Crippen LogP contribution in [0, 0.1) is 0 Å². The third-order valence-electron chi connectivity index (χ3n) is 2.89. The van der Waals surface area contributed by atoms with Gasteiger partial charge in [-0.3, -0.25) is 4.79 Å². The van der Waals surface area contributed by atoms with Crippen LogP contribution in [0.1, 0.15) is 12.5 Å². The third kappa shape index (κ3) is 6.74. The first-order chi connectivity index (χ1) is 10.2. The number of halogens is 1. The quantitative estimate of drug-likeness (QED) is 0.767. The van der Waals surface area contributed by atoms with E-state index in [2.05, 4.69) is 5.32 Å². The van der Waals surface area contributed by atoms with E-state index in [9.17, 15) is 13.2 Å². The molecular formula is C14H21ClN2O4S. The molecule has 22 heavy (non-hydrogen) atoms. The first-order valence-electron chi connectivity index (χ1n) is 6.70. The molecule has 0 radical (unpaired) electrons. The molecule has 1 aromatic carbocycles. The van der Waals surface area contributed by atoms with Crippen LogP contribution in [0.2, 0.25) is 5.02 Å². The van der Waals surface area contributed by atoms with Crippen molar-refractivity contribution in [2.24, 2.45) is 0 Å². The van der Waals surface area contributed by atoms with Crippen molar-refractivity contribution in [3.8, 4) is 0 Å². The molecule has 0 bridgehead atoms. The number of carbonyl (C=O) groups excluding carboxylic acids is 1. The molecule has 8 heteroatoms. The minimum absolute atomic E-state index is 0.113. The van der Waals surface area contributed by atoms with E-state index in [0.29, 0.717) is 11.6 Å². The molecule has 0 spiro atoms. The van der Waals surface area contributed by atoms with Gasteiger partial charge in [0.05, 0.1) is 19.4 Å². The summed E-state index contributed by atoms with van der Waals surface area (Å²) < 4.78 is 29.7. The van der Waals surface area contributed by atoms with Crippen molar-refractivity contribution in [1.82, 2.24) is 9.62 Å². The lowest BCUT2D eigenvalue weighted by molar-refractivity contribution is -0.122. The van der Waals surface area contributed by atoms with Crippen LogP contribution in [0.5, 0.6) is 0 Å². The first-order valence-corrected chi connectivity index (χ1v) is 8.93. The molecule has 0 saturated heterocycles. The highest BCUT2D eigenvalue weighted by Gasteiger charge is 2.21. The highest BCUT2D eigenvalue weighted by Crippen LogP contribution is 2.13. The van der Waals surface area contributed by atoms with Crippen LogP contribution in [-0.2, 0) is 26.1 Å². The standard InChI is InChI=1S/C14H21ClN2O4S/c1-11(10-21-2)16-14(18)9-17(22(3,19)20)8-12-4-6-13(15)7-5-12/h4-7,11H,8-10H2,1-3H3,(H,16,18)/t11-/m0/s1. The second-order valence-electron chi connectivity index (χ2n) is 5.08.